The number of aryl methyl sites for hydroxylation is 2. The van der Waals surface area contributed by atoms with Gasteiger partial charge in [-0.25, -0.2) is 0 Å². The first-order chi connectivity index (χ1) is 10.2. The van der Waals surface area contributed by atoms with Crippen molar-refractivity contribution < 1.29 is 4.79 Å². The molecule has 1 aliphatic rings. The lowest BCUT2D eigenvalue weighted by Gasteiger charge is -2.34. The normalized spacial score (nSPS) is 19.0. The summed E-state index contributed by atoms with van der Waals surface area (Å²) in [6.07, 6.45) is 4.89. The number of amides is 1. The zero-order valence-electron chi connectivity index (χ0n) is 12.5. The third-order valence-electron chi connectivity index (χ3n) is 4.14. The molecule has 0 radical (unpaired) electrons. The molecule has 1 aliphatic heterocycles. The molecule has 0 saturated carbocycles. The minimum Gasteiger partial charge on any atom is -0.329 e. The molecule has 3 heterocycles. The van der Waals surface area contributed by atoms with Crippen LogP contribution in [0.3, 0.4) is 0 Å². The van der Waals surface area contributed by atoms with E-state index in [-0.39, 0.29) is 11.9 Å². The number of rotatable bonds is 3. The van der Waals surface area contributed by atoms with Crippen LogP contribution in [-0.4, -0.2) is 37.3 Å². The first-order valence-corrected chi connectivity index (χ1v) is 7.55. The van der Waals surface area contributed by atoms with Gasteiger partial charge in [0.15, 0.2) is 5.69 Å². The Kier molecular flexibility index (Phi) is 3.77. The lowest BCUT2D eigenvalue weighted by molar-refractivity contribution is 0.0599. The summed E-state index contributed by atoms with van der Waals surface area (Å²) in [6.45, 7) is 5.57. The Bertz CT molecular complexity index is 616. The maximum absolute atomic E-state index is 12.8. The zero-order chi connectivity index (χ0) is 14.8. The molecule has 1 N–H and O–H groups in total. The van der Waals surface area contributed by atoms with E-state index in [9.17, 15) is 4.79 Å². The number of nitrogens with one attached hydrogen (secondary N) is 1. The summed E-state index contributed by atoms with van der Waals surface area (Å²) in [6, 6.07) is 3.91. The van der Waals surface area contributed by atoms with Crippen molar-refractivity contribution >= 4 is 5.91 Å². The van der Waals surface area contributed by atoms with Gasteiger partial charge in [-0.15, -0.1) is 0 Å². The number of carbonyl (C=O) groups excluding carboxylic acids is 1. The van der Waals surface area contributed by atoms with E-state index in [0.717, 1.165) is 43.7 Å². The second-order valence-electron chi connectivity index (χ2n) is 5.51. The maximum atomic E-state index is 12.8. The molecule has 2 aromatic heterocycles. The van der Waals surface area contributed by atoms with Crippen molar-refractivity contribution in [3.8, 4) is 0 Å². The van der Waals surface area contributed by atoms with Crippen LogP contribution < -0.4 is 0 Å². The van der Waals surface area contributed by atoms with Gasteiger partial charge in [-0.2, -0.15) is 10.2 Å². The van der Waals surface area contributed by atoms with E-state index >= 15 is 0 Å². The second-order valence-corrected chi connectivity index (χ2v) is 5.51. The standard InChI is InChI=1S/C15H21N5O/c1-3-20-11(2)10-13(18-20)15(21)19-9-5-4-6-14(19)12-7-8-16-17-12/h7-8,10,14H,3-6,9H2,1-2H3,(H,16,17)/t14-/m0/s1. The van der Waals surface area contributed by atoms with Crippen molar-refractivity contribution in [3.05, 3.63) is 35.4 Å². The number of likely N-dealkylation sites (tertiary alicyclic amines) is 1. The largest absolute Gasteiger partial charge is 0.329 e. The third kappa shape index (κ3) is 2.57. The van der Waals surface area contributed by atoms with Crippen molar-refractivity contribution in [2.75, 3.05) is 6.54 Å². The summed E-state index contributed by atoms with van der Waals surface area (Å²) in [5, 5.41) is 11.4. The van der Waals surface area contributed by atoms with Gasteiger partial charge in [0.05, 0.1) is 11.7 Å². The van der Waals surface area contributed by atoms with Crippen molar-refractivity contribution in [1.82, 2.24) is 24.9 Å². The minimum atomic E-state index is 0.0181. The number of nitrogens with zero attached hydrogens (tertiary/aromatic N) is 4. The fraction of sp³-hybridized carbons (Fsp3) is 0.533. The van der Waals surface area contributed by atoms with Gasteiger partial charge in [-0.05, 0) is 45.2 Å². The highest BCUT2D eigenvalue weighted by Gasteiger charge is 2.30. The monoisotopic (exact) mass is 287 g/mol. The predicted octanol–water partition coefficient (Wildman–Crippen LogP) is 2.30. The molecule has 6 nitrogen and oxygen atoms in total. The van der Waals surface area contributed by atoms with Crippen molar-refractivity contribution in [2.45, 2.75) is 45.7 Å². The van der Waals surface area contributed by atoms with Crippen LogP contribution in [0.25, 0.3) is 0 Å². The van der Waals surface area contributed by atoms with Crippen LogP contribution >= 0.6 is 0 Å². The summed E-state index contributed by atoms with van der Waals surface area (Å²) >= 11 is 0. The molecule has 0 spiro atoms. The Labute approximate surface area is 124 Å². The fourth-order valence-corrected chi connectivity index (χ4v) is 3.03. The molecule has 3 rings (SSSR count). The molecule has 0 bridgehead atoms. The van der Waals surface area contributed by atoms with Crippen LogP contribution in [0.4, 0.5) is 0 Å². The Morgan fingerprint density at radius 3 is 3.00 bits per heavy atom. The molecule has 112 valence electrons. The van der Waals surface area contributed by atoms with E-state index < -0.39 is 0 Å². The quantitative estimate of drug-likeness (QED) is 0.942. The molecule has 0 aromatic carbocycles. The zero-order valence-corrected chi connectivity index (χ0v) is 12.5. The highest BCUT2D eigenvalue weighted by Crippen LogP contribution is 2.30. The van der Waals surface area contributed by atoms with Crippen molar-refractivity contribution in [3.63, 3.8) is 0 Å². The van der Waals surface area contributed by atoms with Crippen molar-refractivity contribution in [2.24, 2.45) is 0 Å². The van der Waals surface area contributed by atoms with E-state index in [0.29, 0.717) is 5.69 Å². The summed E-state index contributed by atoms with van der Waals surface area (Å²) < 4.78 is 1.86. The van der Waals surface area contributed by atoms with Crippen LogP contribution in [-0.2, 0) is 6.54 Å². The summed E-state index contributed by atoms with van der Waals surface area (Å²) in [4.78, 5) is 14.7. The molecule has 1 amide bonds. The predicted molar refractivity (Wildman–Crippen MR) is 78.9 cm³/mol. The first kappa shape index (κ1) is 13.9. The Morgan fingerprint density at radius 1 is 1.48 bits per heavy atom. The molecule has 21 heavy (non-hydrogen) atoms. The number of piperidine rings is 1. The number of carbonyl (C=O) groups is 1. The topological polar surface area (TPSA) is 66.8 Å². The molecule has 1 fully saturated rings. The molecule has 1 saturated heterocycles. The lowest BCUT2D eigenvalue weighted by Crippen LogP contribution is -2.39. The number of H-pyrrole nitrogens is 1. The lowest BCUT2D eigenvalue weighted by atomic mass is 9.99. The van der Waals surface area contributed by atoms with Crippen LogP contribution in [0, 0.1) is 6.92 Å². The van der Waals surface area contributed by atoms with Crippen LogP contribution in [0.2, 0.25) is 0 Å². The average molecular weight is 287 g/mol. The van der Waals surface area contributed by atoms with Crippen LogP contribution in [0.5, 0.6) is 0 Å². The Balaban J connectivity index is 1.87. The van der Waals surface area contributed by atoms with Gasteiger partial charge in [0, 0.05) is 25.0 Å². The van der Waals surface area contributed by atoms with Gasteiger partial charge in [0.25, 0.3) is 5.91 Å². The summed E-state index contributed by atoms with van der Waals surface area (Å²) in [7, 11) is 0. The minimum absolute atomic E-state index is 0.0181. The molecular formula is C15H21N5O. The van der Waals surface area contributed by atoms with Crippen LogP contribution in [0.15, 0.2) is 18.3 Å². The van der Waals surface area contributed by atoms with Gasteiger partial charge >= 0.3 is 0 Å². The molecular weight excluding hydrogens is 266 g/mol. The SMILES string of the molecule is CCn1nc(C(=O)N2CCCC[C@H]2c2ccn[nH]2)cc1C. The molecule has 1 atom stereocenters. The number of hydrogen-bond donors (Lipinski definition) is 1. The highest BCUT2D eigenvalue weighted by molar-refractivity contribution is 5.92. The Hall–Kier alpha value is -2.11. The molecule has 0 unspecified atom stereocenters. The smallest absolute Gasteiger partial charge is 0.274 e. The highest BCUT2D eigenvalue weighted by atomic mass is 16.2. The van der Waals surface area contributed by atoms with E-state index in [1.807, 2.05) is 35.6 Å². The molecule has 0 aliphatic carbocycles. The van der Waals surface area contributed by atoms with E-state index in [1.54, 1.807) is 6.20 Å². The molecule has 2 aromatic rings. The van der Waals surface area contributed by atoms with Gasteiger partial charge in [0.2, 0.25) is 0 Å². The van der Waals surface area contributed by atoms with E-state index in [2.05, 4.69) is 15.3 Å². The summed E-state index contributed by atoms with van der Waals surface area (Å²) in [5.41, 5.74) is 2.58. The number of hydrogen-bond acceptors (Lipinski definition) is 3. The van der Waals surface area contributed by atoms with Gasteiger partial charge < -0.3 is 4.90 Å². The van der Waals surface area contributed by atoms with Gasteiger partial charge in [-0.3, -0.25) is 14.6 Å². The fourth-order valence-electron chi connectivity index (χ4n) is 3.03. The average Bonchev–Trinajstić information content (AvgIpc) is 3.15. The van der Waals surface area contributed by atoms with Crippen molar-refractivity contribution in [1.29, 1.82) is 0 Å². The second kappa shape index (κ2) is 5.71. The first-order valence-electron chi connectivity index (χ1n) is 7.55. The Morgan fingerprint density at radius 2 is 2.33 bits per heavy atom. The number of aromatic amines is 1. The van der Waals surface area contributed by atoms with Gasteiger partial charge in [-0.1, -0.05) is 0 Å². The van der Waals surface area contributed by atoms with E-state index in [1.165, 1.54) is 0 Å². The maximum Gasteiger partial charge on any atom is 0.274 e. The van der Waals surface area contributed by atoms with Gasteiger partial charge in [0.1, 0.15) is 0 Å². The summed E-state index contributed by atoms with van der Waals surface area (Å²) in [5.74, 6) is 0.0181. The third-order valence-corrected chi connectivity index (χ3v) is 4.14. The number of aromatic nitrogens is 4. The van der Waals surface area contributed by atoms with Crippen LogP contribution in [0.1, 0.15) is 54.1 Å². The molecule has 6 heteroatoms. The van der Waals surface area contributed by atoms with E-state index in [4.69, 9.17) is 0 Å².